The molecule has 2 saturated heterocycles. The Morgan fingerprint density at radius 2 is 1.83 bits per heavy atom. The topological polar surface area (TPSA) is 87.7 Å². The number of rotatable bonds is 7. The summed E-state index contributed by atoms with van der Waals surface area (Å²) in [6.07, 6.45) is 0.716. The van der Waals surface area contributed by atoms with Gasteiger partial charge in [-0.25, -0.2) is 13.8 Å². The summed E-state index contributed by atoms with van der Waals surface area (Å²) in [5.74, 6) is 0.777. The van der Waals surface area contributed by atoms with Gasteiger partial charge >= 0.3 is 0 Å². The number of anilines is 1. The first-order chi connectivity index (χ1) is 16.9. The first-order valence-corrected chi connectivity index (χ1v) is 11.8. The first-order valence-electron chi connectivity index (χ1n) is 11.8. The minimum Gasteiger partial charge on any atom is -0.366 e. The Kier molecular flexibility index (Phi) is 6.38. The summed E-state index contributed by atoms with van der Waals surface area (Å²) < 4.78 is 27.6. The fourth-order valence-electron chi connectivity index (χ4n) is 4.89. The Morgan fingerprint density at radius 3 is 2.49 bits per heavy atom. The number of fused-ring (bicyclic) bond motifs is 1. The predicted molar refractivity (Wildman–Crippen MR) is 128 cm³/mol. The van der Waals surface area contributed by atoms with Crippen LogP contribution in [0.3, 0.4) is 0 Å². The van der Waals surface area contributed by atoms with E-state index < -0.39 is 12.3 Å². The van der Waals surface area contributed by atoms with Gasteiger partial charge in [0.1, 0.15) is 5.82 Å². The van der Waals surface area contributed by atoms with Gasteiger partial charge in [0.05, 0.1) is 6.54 Å². The molecular weight excluding hydrogens is 454 g/mol. The Labute approximate surface area is 201 Å². The van der Waals surface area contributed by atoms with Crippen LogP contribution in [0.5, 0.6) is 0 Å². The molecule has 184 valence electrons. The van der Waals surface area contributed by atoms with Crippen LogP contribution in [0, 0.1) is 5.92 Å². The maximum atomic E-state index is 12.8. The van der Waals surface area contributed by atoms with Crippen LogP contribution >= 0.6 is 0 Å². The monoisotopic (exact) mass is 482 g/mol. The van der Waals surface area contributed by atoms with Crippen LogP contribution in [0.4, 0.5) is 14.6 Å². The molecule has 1 aromatic carbocycles. The molecule has 2 aromatic heterocycles. The molecule has 0 spiro atoms. The van der Waals surface area contributed by atoms with Crippen LogP contribution in [0.25, 0.3) is 10.9 Å². The fourth-order valence-corrected chi connectivity index (χ4v) is 4.89. The molecule has 2 aliphatic rings. The number of carbonyl (C=O) groups excluding carboxylic acids is 2. The minimum atomic E-state index is -2.52. The van der Waals surface area contributed by atoms with Crippen LogP contribution in [0.15, 0.2) is 48.8 Å². The van der Waals surface area contributed by atoms with Crippen molar-refractivity contribution in [3.05, 3.63) is 59.9 Å². The standard InChI is InChI=1S/C25H28F2N6O2/c26-24(27)20-3-4-22(29-12-20)31-7-9-32(10-8-31)23(34)16-30-13-17(14-30)15-33-6-5-18-1-2-19(25(28)35)11-21(18)33/h1-6,11-12,17,24H,7-10,13-16H2,(H2,28,35). The van der Waals surface area contributed by atoms with E-state index >= 15 is 0 Å². The van der Waals surface area contributed by atoms with Crippen molar-refractivity contribution in [1.29, 1.82) is 0 Å². The molecule has 8 nitrogen and oxygen atoms in total. The van der Waals surface area contributed by atoms with Gasteiger partial charge in [-0.3, -0.25) is 14.5 Å². The van der Waals surface area contributed by atoms with Crippen molar-refractivity contribution in [1.82, 2.24) is 19.4 Å². The van der Waals surface area contributed by atoms with Gasteiger partial charge in [-0.2, -0.15) is 0 Å². The van der Waals surface area contributed by atoms with E-state index in [1.165, 1.54) is 12.3 Å². The molecule has 35 heavy (non-hydrogen) atoms. The van der Waals surface area contributed by atoms with Gasteiger partial charge in [0.15, 0.2) is 0 Å². The van der Waals surface area contributed by atoms with E-state index in [0.717, 1.165) is 30.5 Å². The molecule has 5 rings (SSSR count). The van der Waals surface area contributed by atoms with Crippen molar-refractivity contribution >= 4 is 28.5 Å². The average Bonchev–Trinajstić information content (AvgIpc) is 3.24. The number of alkyl halides is 2. The molecule has 10 heteroatoms. The smallest absolute Gasteiger partial charge is 0.265 e. The average molecular weight is 483 g/mol. The minimum absolute atomic E-state index is 0.0872. The maximum absolute atomic E-state index is 12.8. The Hall–Kier alpha value is -3.53. The summed E-state index contributed by atoms with van der Waals surface area (Å²) in [7, 11) is 0. The number of hydrogen-bond acceptors (Lipinski definition) is 5. The SMILES string of the molecule is NC(=O)c1ccc2ccn(CC3CN(CC(=O)N4CCN(c5ccc(C(F)F)cn5)CC4)C3)c2c1. The van der Waals surface area contributed by atoms with Gasteiger partial charge in [0.2, 0.25) is 11.8 Å². The number of hydrogen-bond donors (Lipinski definition) is 1. The third kappa shape index (κ3) is 4.97. The number of primary amides is 1. The highest BCUT2D eigenvalue weighted by Gasteiger charge is 2.31. The molecular formula is C25H28F2N6O2. The molecule has 2 N–H and O–H groups in total. The van der Waals surface area contributed by atoms with Crippen molar-refractivity contribution in [3.8, 4) is 0 Å². The van der Waals surface area contributed by atoms with Crippen molar-refractivity contribution in [2.45, 2.75) is 13.0 Å². The summed E-state index contributed by atoms with van der Waals surface area (Å²) in [6.45, 7) is 5.36. The molecule has 0 atom stereocenters. The van der Waals surface area contributed by atoms with Crippen molar-refractivity contribution < 1.29 is 18.4 Å². The van der Waals surface area contributed by atoms with Gasteiger partial charge in [-0.1, -0.05) is 6.07 Å². The maximum Gasteiger partial charge on any atom is 0.265 e. The zero-order valence-corrected chi connectivity index (χ0v) is 19.3. The highest BCUT2D eigenvalue weighted by atomic mass is 19.3. The lowest BCUT2D eigenvalue weighted by molar-refractivity contribution is -0.134. The number of nitrogens with zero attached hydrogens (tertiary/aromatic N) is 5. The summed E-state index contributed by atoms with van der Waals surface area (Å²) in [5.41, 5.74) is 6.82. The van der Waals surface area contributed by atoms with Gasteiger partial charge in [0.25, 0.3) is 6.43 Å². The van der Waals surface area contributed by atoms with Gasteiger partial charge < -0.3 is 20.1 Å². The third-order valence-corrected chi connectivity index (χ3v) is 6.88. The lowest BCUT2D eigenvalue weighted by atomic mass is 10.00. The van der Waals surface area contributed by atoms with E-state index in [4.69, 9.17) is 5.73 Å². The van der Waals surface area contributed by atoms with Crippen molar-refractivity contribution in [2.24, 2.45) is 11.7 Å². The summed E-state index contributed by atoms with van der Waals surface area (Å²) >= 11 is 0. The quantitative estimate of drug-likeness (QED) is 0.559. The van der Waals surface area contributed by atoms with Gasteiger partial charge in [0, 0.05) is 80.8 Å². The summed E-state index contributed by atoms with van der Waals surface area (Å²) in [6, 6.07) is 10.5. The number of carbonyl (C=O) groups is 2. The third-order valence-electron chi connectivity index (χ3n) is 6.88. The predicted octanol–water partition coefficient (Wildman–Crippen LogP) is 2.35. The lowest BCUT2D eigenvalue weighted by Crippen LogP contribution is -2.55. The number of nitrogens with two attached hydrogens (primary N) is 1. The van der Waals surface area contributed by atoms with Crippen molar-refractivity contribution in [3.63, 3.8) is 0 Å². The zero-order chi connectivity index (χ0) is 24.5. The van der Waals surface area contributed by atoms with E-state index in [1.54, 1.807) is 12.1 Å². The van der Waals surface area contributed by atoms with E-state index in [0.29, 0.717) is 50.0 Å². The highest BCUT2D eigenvalue weighted by molar-refractivity contribution is 5.97. The zero-order valence-electron chi connectivity index (χ0n) is 19.3. The Balaban J connectivity index is 1.08. The molecule has 2 amide bonds. The highest BCUT2D eigenvalue weighted by Crippen LogP contribution is 2.24. The number of benzene rings is 1. The molecule has 0 bridgehead atoms. The van der Waals surface area contributed by atoms with Crippen LogP contribution < -0.4 is 10.6 Å². The van der Waals surface area contributed by atoms with E-state index in [2.05, 4.69) is 14.5 Å². The number of likely N-dealkylation sites (tertiary alicyclic amines) is 1. The van der Waals surface area contributed by atoms with Crippen molar-refractivity contribution in [2.75, 3.05) is 50.7 Å². The number of piperazine rings is 1. The molecule has 0 radical (unpaired) electrons. The van der Waals surface area contributed by atoms with Gasteiger partial charge in [-0.15, -0.1) is 0 Å². The molecule has 2 fully saturated rings. The molecule has 2 aliphatic heterocycles. The largest absolute Gasteiger partial charge is 0.366 e. The lowest BCUT2D eigenvalue weighted by Gasteiger charge is -2.41. The normalized spacial score (nSPS) is 17.2. The van der Waals surface area contributed by atoms with Crippen LogP contribution in [-0.4, -0.2) is 77.0 Å². The second-order valence-corrected chi connectivity index (χ2v) is 9.28. The second kappa shape index (κ2) is 9.61. The molecule has 0 saturated carbocycles. The number of halogens is 2. The Bertz CT molecular complexity index is 1210. The molecule has 3 aromatic rings. The number of aromatic nitrogens is 2. The van der Waals surface area contributed by atoms with Crippen LogP contribution in [0.1, 0.15) is 22.3 Å². The summed E-state index contributed by atoms with van der Waals surface area (Å²) in [4.78, 5) is 34.5. The van der Waals surface area contributed by atoms with Gasteiger partial charge in [-0.05, 0) is 35.7 Å². The molecule has 4 heterocycles. The van der Waals surface area contributed by atoms with Crippen LogP contribution in [-0.2, 0) is 11.3 Å². The van der Waals surface area contributed by atoms with E-state index in [-0.39, 0.29) is 11.5 Å². The van der Waals surface area contributed by atoms with E-state index in [9.17, 15) is 18.4 Å². The number of pyridine rings is 1. The number of amides is 2. The summed E-state index contributed by atoms with van der Waals surface area (Å²) in [5, 5.41) is 1.07. The fraction of sp³-hybridized carbons (Fsp3) is 0.400. The molecule has 0 aliphatic carbocycles. The Morgan fingerprint density at radius 1 is 1.06 bits per heavy atom. The van der Waals surface area contributed by atoms with Crippen LogP contribution in [0.2, 0.25) is 0 Å². The molecule has 0 unspecified atom stereocenters. The van der Waals surface area contributed by atoms with E-state index in [1.807, 2.05) is 34.2 Å². The second-order valence-electron chi connectivity index (χ2n) is 9.28. The first kappa shape index (κ1) is 23.2.